The molecule has 0 radical (unpaired) electrons. The van der Waals surface area contributed by atoms with E-state index in [-0.39, 0.29) is 16.7 Å². The number of carbonyl (C=O) groups excluding carboxylic acids is 1. The number of amides is 1. The second kappa shape index (κ2) is 9.02. The van der Waals surface area contributed by atoms with E-state index in [1.54, 1.807) is 50.6 Å². The van der Waals surface area contributed by atoms with Crippen LogP contribution < -0.4 is 9.47 Å². The van der Waals surface area contributed by atoms with Crippen molar-refractivity contribution in [1.29, 1.82) is 0 Å². The molecule has 150 valence electrons. The Labute approximate surface area is 176 Å². The van der Waals surface area contributed by atoms with Gasteiger partial charge in [-0.05, 0) is 59.8 Å². The molecule has 0 aliphatic carbocycles. The minimum atomic E-state index is -1.09. The topological polar surface area (TPSA) is 88.4 Å². The zero-order chi connectivity index (χ0) is 21.0. The second-order valence-electron chi connectivity index (χ2n) is 5.94. The van der Waals surface area contributed by atoms with Crippen molar-refractivity contribution in [2.75, 3.05) is 20.8 Å². The highest BCUT2D eigenvalue weighted by Gasteiger charge is 2.30. The normalized spacial score (nSPS) is 16.5. The van der Waals surface area contributed by atoms with E-state index >= 15 is 0 Å². The van der Waals surface area contributed by atoms with Crippen LogP contribution in [0.3, 0.4) is 0 Å². The van der Waals surface area contributed by atoms with Crippen LogP contribution in [0, 0.1) is 0 Å². The first kappa shape index (κ1) is 20.8. The third-order valence-electron chi connectivity index (χ3n) is 3.91. The molecule has 3 rings (SSSR count). The number of halogens is 1. The lowest BCUT2D eigenvalue weighted by Gasteiger charge is -2.07. The van der Waals surface area contributed by atoms with Crippen molar-refractivity contribution in [2.24, 2.45) is 4.99 Å². The smallest absolute Gasteiger partial charge is 0.341 e. The van der Waals surface area contributed by atoms with Crippen molar-refractivity contribution in [2.45, 2.75) is 0 Å². The first-order valence-electron chi connectivity index (χ1n) is 8.42. The molecule has 1 amide bonds. The zero-order valence-electron chi connectivity index (χ0n) is 15.6. The van der Waals surface area contributed by atoms with Gasteiger partial charge in [-0.2, -0.15) is 0 Å². The number of benzene rings is 2. The quantitative estimate of drug-likeness (QED) is 0.693. The SMILES string of the molecule is COc1ccc(N=C2S/C(=C/c3ccc(OCC(=O)O)c(Cl)c3)C(=O)N2C)cc1. The van der Waals surface area contributed by atoms with Crippen LogP contribution in [0.1, 0.15) is 5.56 Å². The maximum absolute atomic E-state index is 12.6. The van der Waals surface area contributed by atoms with Crippen LogP contribution in [0.15, 0.2) is 52.4 Å². The van der Waals surface area contributed by atoms with Crippen molar-refractivity contribution in [3.05, 3.63) is 58.0 Å². The van der Waals surface area contributed by atoms with Crippen molar-refractivity contribution >= 4 is 52.2 Å². The summed E-state index contributed by atoms with van der Waals surface area (Å²) in [5.41, 5.74) is 1.39. The van der Waals surface area contributed by atoms with Gasteiger partial charge < -0.3 is 14.6 Å². The molecule has 0 aromatic heterocycles. The van der Waals surface area contributed by atoms with Crippen molar-refractivity contribution < 1.29 is 24.2 Å². The molecular weight excluding hydrogens is 416 g/mol. The molecule has 29 heavy (non-hydrogen) atoms. The molecule has 7 nitrogen and oxygen atoms in total. The summed E-state index contributed by atoms with van der Waals surface area (Å²) in [6, 6.07) is 12.1. The number of carboxylic acid groups (broad SMARTS) is 1. The number of aliphatic carboxylic acids is 1. The number of nitrogens with zero attached hydrogens (tertiary/aromatic N) is 2. The molecule has 9 heteroatoms. The van der Waals surface area contributed by atoms with E-state index in [2.05, 4.69) is 4.99 Å². The van der Waals surface area contributed by atoms with E-state index in [1.807, 2.05) is 12.1 Å². The zero-order valence-corrected chi connectivity index (χ0v) is 17.2. The van der Waals surface area contributed by atoms with Gasteiger partial charge in [0, 0.05) is 7.05 Å². The van der Waals surface area contributed by atoms with Gasteiger partial charge in [-0.1, -0.05) is 17.7 Å². The Morgan fingerprint density at radius 3 is 2.62 bits per heavy atom. The summed E-state index contributed by atoms with van der Waals surface area (Å²) in [5.74, 6) is -0.275. The Hall–Kier alpha value is -2.97. The molecule has 1 saturated heterocycles. The first-order valence-corrected chi connectivity index (χ1v) is 9.61. The van der Waals surface area contributed by atoms with Gasteiger partial charge in [-0.15, -0.1) is 0 Å². The van der Waals surface area contributed by atoms with Gasteiger partial charge in [0.05, 0.1) is 22.7 Å². The summed E-state index contributed by atoms with van der Waals surface area (Å²) in [4.78, 5) is 29.6. The fourth-order valence-corrected chi connectivity index (χ4v) is 3.66. The predicted octanol–water partition coefficient (Wildman–Crippen LogP) is 4.05. The van der Waals surface area contributed by atoms with Crippen molar-refractivity contribution in [3.63, 3.8) is 0 Å². The molecule has 1 fully saturated rings. The van der Waals surface area contributed by atoms with Crippen LogP contribution in [0.2, 0.25) is 5.02 Å². The predicted molar refractivity (Wildman–Crippen MR) is 113 cm³/mol. The summed E-state index contributed by atoms with van der Waals surface area (Å²) in [7, 11) is 3.25. The number of carboxylic acids is 1. The van der Waals surface area contributed by atoms with Crippen LogP contribution in [0.4, 0.5) is 5.69 Å². The molecule has 2 aromatic carbocycles. The van der Waals surface area contributed by atoms with Gasteiger partial charge in [0.2, 0.25) is 0 Å². The van der Waals surface area contributed by atoms with Crippen molar-refractivity contribution in [1.82, 2.24) is 4.90 Å². The number of methoxy groups -OCH3 is 1. The molecule has 0 saturated carbocycles. The largest absolute Gasteiger partial charge is 0.497 e. The number of ether oxygens (including phenoxy) is 2. The standard InChI is InChI=1S/C20H17ClN2O5S/c1-23-19(26)17(29-20(23)22-13-4-6-14(27-2)7-5-13)10-12-3-8-16(15(21)9-12)28-11-18(24)25/h3-10H,11H2,1-2H3,(H,24,25)/b17-10+,22-20?. The minimum absolute atomic E-state index is 0.176. The maximum Gasteiger partial charge on any atom is 0.341 e. The Bertz CT molecular complexity index is 1000. The van der Waals surface area contributed by atoms with Crippen LogP contribution in [-0.4, -0.2) is 47.8 Å². The monoisotopic (exact) mass is 432 g/mol. The van der Waals surface area contributed by atoms with E-state index in [0.29, 0.717) is 21.3 Å². The molecule has 1 aliphatic heterocycles. The average Bonchev–Trinajstić information content (AvgIpc) is 2.95. The van der Waals surface area contributed by atoms with E-state index in [9.17, 15) is 9.59 Å². The summed E-state index contributed by atoms with van der Waals surface area (Å²) < 4.78 is 10.2. The molecule has 1 heterocycles. The van der Waals surface area contributed by atoms with Crippen molar-refractivity contribution in [3.8, 4) is 11.5 Å². The van der Waals surface area contributed by atoms with Gasteiger partial charge >= 0.3 is 5.97 Å². The third kappa shape index (κ3) is 5.10. The third-order valence-corrected chi connectivity index (χ3v) is 5.26. The summed E-state index contributed by atoms with van der Waals surface area (Å²) in [5, 5.41) is 9.50. The van der Waals surface area contributed by atoms with Gasteiger partial charge in [0.25, 0.3) is 5.91 Å². The van der Waals surface area contributed by atoms with Gasteiger partial charge in [0.1, 0.15) is 11.5 Å². The Morgan fingerprint density at radius 2 is 2.00 bits per heavy atom. The number of aliphatic imine (C=N–C) groups is 1. The number of likely N-dealkylation sites (N-methyl/N-ethyl adjacent to an activating group) is 1. The van der Waals surface area contributed by atoms with Gasteiger partial charge in [0.15, 0.2) is 11.8 Å². The Morgan fingerprint density at radius 1 is 1.28 bits per heavy atom. The molecule has 0 atom stereocenters. The van der Waals surface area contributed by atoms with Crippen LogP contribution in [0.5, 0.6) is 11.5 Å². The molecule has 1 N–H and O–H groups in total. The molecule has 0 unspecified atom stereocenters. The summed E-state index contributed by atoms with van der Waals surface area (Å²) >= 11 is 7.40. The molecular formula is C20H17ClN2O5S. The summed E-state index contributed by atoms with van der Waals surface area (Å²) in [6.07, 6.45) is 1.70. The number of carbonyl (C=O) groups is 2. The maximum atomic E-state index is 12.6. The van der Waals surface area contributed by atoms with Gasteiger partial charge in [-0.25, -0.2) is 9.79 Å². The van der Waals surface area contributed by atoms with Crippen LogP contribution in [0.25, 0.3) is 6.08 Å². The molecule has 2 aromatic rings. The van der Waals surface area contributed by atoms with Crippen LogP contribution >= 0.6 is 23.4 Å². The van der Waals surface area contributed by atoms with Gasteiger partial charge in [-0.3, -0.25) is 9.69 Å². The highest BCUT2D eigenvalue weighted by Crippen LogP contribution is 2.34. The van der Waals surface area contributed by atoms with E-state index in [0.717, 1.165) is 5.75 Å². The molecule has 1 aliphatic rings. The second-order valence-corrected chi connectivity index (χ2v) is 7.36. The lowest BCUT2D eigenvalue weighted by Crippen LogP contribution is -2.23. The summed E-state index contributed by atoms with van der Waals surface area (Å²) in [6.45, 7) is -0.482. The fraction of sp³-hybridized carbons (Fsp3) is 0.150. The highest BCUT2D eigenvalue weighted by molar-refractivity contribution is 8.18. The minimum Gasteiger partial charge on any atom is -0.497 e. The number of amidine groups is 1. The Balaban J connectivity index is 1.79. The number of hydrogen-bond acceptors (Lipinski definition) is 6. The number of rotatable bonds is 6. The van der Waals surface area contributed by atoms with E-state index in [1.165, 1.54) is 16.7 Å². The lowest BCUT2D eigenvalue weighted by molar-refractivity contribution is -0.139. The molecule has 0 spiro atoms. The highest BCUT2D eigenvalue weighted by atomic mass is 35.5. The van der Waals surface area contributed by atoms with Crippen LogP contribution in [-0.2, 0) is 9.59 Å². The fourth-order valence-electron chi connectivity index (χ4n) is 2.43. The first-order chi connectivity index (χ1) is 13.9. The number of thioether (sulfide) groups is 1. The number of hydrogen-bond donors (Lipinski definition) is 1. The lowest BCUT2D eigenvalue weighted by atomic mass is 10.2. The average molecular weight is 433 g/mol. The molecule has 0 bridgehead atoms. The van der Waals surface area contributed by atoms with E-state index < -0.39 is 12.6 Å². The van der Waals surface area contributed by atoms with E-state index in [4.69, 9.17) is 26.2 Å². The Kier molecular flexibility index (Phi) is 6.46.